The number of anilines is 1. The van der Waals surface area contributed by atoms with Gasteiger partial charge in [-0.1, -0.05) is 41.9 Å². The molecule has 0 radical (unpaired) electrons. The third kappa shape index (κ3) is 3.52. The highest BCUT2D eigenvalue weighted by Crippen LogP contribution is 2.30. The SMILES string of the molecule is O=C(Nc1ccc(-c2cc3ccccc3oc2=O)c(Cl)c1)c1cccc(F)c1. The molecule has 4 nitrogen and oxygen atoms in total. The lowest BCUT2D eigenvalue weighted by molar-refractivity contribution is 0.102. The Balaban J connectivity index is 1.66. The van der Waals surface area contributed by atoms with Gasteiger partial charge in [0, 0.05) is 22.2 Å². The zero-order chi connectivity index (χ0) is 19.7. The fourth-order valence-electron chi connectivity index (χ4n) is 2.89. The number of para-hydroxylation sites is 1. The Morgan fingerprint density at radius 1 is 0.929 bits per heavy atom. The van der Waals surface area contributed by atoms with E-state index in [1.807, 2.05) is 12.1 Å². The van der Waals surface area contributed by atoms with E-state index in [9.17, 15) is 14.0 Å². The van der Waals surface area contributed by atoms with Crippen molar-refractivity contribution < 1.29 is 13.6 Å². The van der Waals surface area contributed by atoms with Gasteiger partial charge in [0.2, 0.25) is 0 Å². The predicted octanol–water partition coefficient (Wildman–Crippen LogP) is 5.50. The normalized spacial score (nSPS) is 10.8. The molecule has 6 heteroatoms. The van der Waals surface area contributed by atoms with Crippen LogP contribution in [0.2, 0.25) is 5.02 Å². The fraction of sp³-hybridized carbons (Fsp3) is 0. The highest BCUT2D eigenvalue weighted by molar-refractivity contribution is 6.33. The smallest absolute Gasteiger partial charge is 0.344 e. The number of hydrogen-bond acceptors (Lipinski definition) is 3. The van der Waals surface area contributed by atoms with Crippen LogP contribution in [-0.4, -0.2) is 5.91 Å². The molecular weight excluding hydrogens is 381 g/mol. The van der Waals surface area contributed by atoms with E-state index < -0.39 is 17.3 Å². The molecule has 0 bridgehead atoms. The number of hydrogen-bond donors (Lipinski definition) is 1. The van der Waals surface area contributed by atoms with Crippen LogP contribution in [-0.2, 0) is 0 Å². The number of halogens is 2. The topological polar surface area (TPSA) is 59.3 Å². The molecule has 1 heterocycles. The lowest BCUT2D eigenvalue weighted by Crippen LogP contribution is -2.12. The molecule has 0 aliphatic rings. The molecule has 0 atom stereocenters. The second-order valence-electron chi connectivity index (χ2n) is 6.14. The van der Waals surface area contributed by atoms with Gasteiger partial charge in [0.25, 0.3) is 5.91 Å². The maximum Gasteiger partial charge on any atom is 0.344 e. The van der Waals surface area contributed by atoms with Gasteiger partial charge in [-0.25, -0.2) is 9.18 Å². The first kappa shape index (κ1) is 17.9. The van der Waals surface area contributed by atoms with Crippen LogP contribution in [0.15, 0.2) is 82.0 Å². The van der Waals surface area contributed by atoms with Crippen LogP contribution in [0, 0.1) is 5.82 Å². The van der Waals surface area contributed by atoms with Gasteiger partial charge in [0.05, 0.1) is 10.6 Å². The van der Waals surface area contributed by atoms with Crippen LogP contribution in [0.5, 0.6) is 0 Å². The van der Waals surface area contributed by atoms with Crippen LogP contribution in [0.25, 0.3) is 22.1 Å². The van der Waals surface area contributed by atoms with Crippen molar-refractivity contribution in [2.75, 3.05) is 5.32 Å². The molecule has 0 aliphatic heterocycles. The van der Waals surface area contributed by atoms with E-state index in [4.69, 9.17) is 16.0 Å². The maximum atomic E-state index is 13.3. The summed E-state index contributed by atoms with van der Waals surface area (Å²) in [4.78, 5) is 24.6. The number of benzene rings is 3. The van der Waals surface area contributed by atoms with Crippen molar-refractivity contribution in [2.24, 2.45) is 0 Å². The lowest BCUT2D eigenvalue weighted by atomic mass is 10.1. The molecule has 1 N–H and O–H groups in total. The molecule has 1 amide bonds. The number of carbonyl (C=O) groups is 1. The average molecular weight is 394 g/mol. The molecule has 0 saturated carbocycles. The molecule has 3 aromatic carbocycles. The molecule has 0 fully saturated rings. The summed E-state index contributed by atoms with van der Waals surface area (Å²) >= 11 is 6.35. The standard InChI is InChI=1S/C22H13ClFNO3/c23-19-12-16(25-21(26)14-5-3-6-15(24)10-14)8-9-17(19)18-11-13-4-1-2-7-20(13)28-22(18)27/h1-12H,(H,25,26). The van der Waals surface area contributed by atoms with Gasteiger partial charge in [-0.15, -0.1) is 0 Å². The molecule has 0 unspecified atom stereocenters. The maximum absolute atomic E-state index is 13.3. The van der Waals surface area contributed by atoms with Gasteiger partial charge < -0.3 is 9.73 Å². The van der Waals surface area contributed by atoms with Crippen LogP contribution in [0.3, 0.4) is 0 Å². The Bertz CT molecular complexity index is 1270. The largest absolute Gasteiger partial charge is 0.422 e. The van der Waals surface area contributed by atoms with Crippen molar-refractivity contribution in [3.05, 3.63) is 99.6 Å². The van der Waals surface area contributed by atoms with E-state index in [1.165, 1.54) is 24.3 Å². The van der Waals surface area contributed by atoms with Gasteiger partial charge in [-0.05, 0) is 42.5 Å². The molecule has 28 heavy (non-hydrogen) atoms. The summed E-state index contributed by atoms with van der Waals surface area (Å²) in [5, 5.41) is 3.71. The van der Waals surface area contributed by atoms with Gasteiger partial charge in [0.15, 0.2) is 0 Å². The van der Waals surface area contributed by atoms with Crippen molar-refractivity contribution in [3.8, 4) is 11.1 Å². The Morgan fingerprint density at radius 3 is 2.54 bits per heavy atom. The minimum absolute atomic E-state index is 0.190. The summed E-state index contributed by atoms with van der Waals surface area (Å²) in [6.45, 7) is 0. The van der Waals surface area contributed by atoms with Gasteiger partial charge in [-0.3, -0.25) is 4.79 Å². The summed E-state index contributed by atoms with van der Waals surface area (Å²) < 4.78 is 18.6. The molecule has 138 valence electrons. The summed E-state index contributed by atoms with van der Waals surface area (Å²) in [5.74, 6) is -0.961. The Labute approximate surface area is 164 Å². The molecule has 0 spiro atoms. The first-order valence-electron chi connectivity index (χ1n) is 8.41. The van der Waals surface area contributed by atoms with E-state index in [0.717, 1.165) is 11.5 Å². The first-order valence-corrected chi connectivity index (χ1v) is 8.79. The highest BCUT2D eigenvalue weighted by atomic mass is 35.5. The van der Waals surface area contributed by atoms with Gasteiger partial charge in [-0.2, -0.15) is 0 Å². The Morgan fingerprint density at radius 2 is 1.75 bits per heavy atom. The second kappa shape index (κ2) is 7.29. The van der Waals surface area contributed by atoms with Crippen LogP contribution >= 0.6 is 11.6 Å². The van der Waals surface area contributed by atoms with Crippen molar-refractivity contribution in [1.29, 1.82) is 0 Å². The fourth-order valence-corrected chi connectivity index (χ4v) is 3.18. The number of fused-ring (bicyclic) bond motifs is 1. The van der Waals surface area contributed by atoms with Crippen molar-refractivity contribution in [2.45, 2.75) is 0 Å². The lowest BCUT2D eigenvalue weighted by Gasteiger charge is -2.09. The van der Waals surface area contributed by atoms with E-state index >= 15 is 0 Å². The summed E-state index contributed by atoms with van der Waals surface area (Å²) in [5.41, 5.74) is 1.42. The zero-order valence-electron chi connectivity index (χ0n) is 14.4. The molecule has 4 rings (SSSR count). The van der Waals surface area contributed by atoms with Crippen LogP contribution < -0.4 is 10.9 Å². The third-order valence-electron chi connectivity index (χ3n) is 4.25. The molecular formula is C22H13ClFNO3. The average Bonchev–Trinajstić information content (AvgIpc) is 2.68. The quantitative estimate of drug-likeness (QED) is 0.467. The second-order valence-corrected chi connectivity index (χ2v) is 6.55. The minimum Gasteiger partial charge on any atom is -0.422 e. The van der Waals surface area contributed by atoms with Crippen LogP contribution in [0.1, 0.15) is 10.4 Å². The van der Waals surface area contributed by atoms with Gasteiger partial charge >= 0.3 is 5.63 Å². The summed E-state index contributed by atoms with van der Waals surface area (Å²) in [6.07, 6.45) is 0. The van der Waals surface area contributed by atoms with Crippen LogP contribution in [0.4, 0.5) is 10.1 Å². The zero-order valence-corrected chi connectivity index (χ0v) is 15.2. The monoisotopic (exact) mass is 393 g/mol. The van der Waals surface area contributed by atoms with E-state index in [1.54, 1.807) is 30.3 Å². The number of rotatable bonds is 3. The Kier molecular flexibility index (Phi) is 4.67. The van der Waals surface area contributed by atoms with Crippen molar-refractivity contribution >= 4 is 34.2 Å². The van der Waals surface area contributed by atoms with E-state index in [0.29, 0.717) is 22.4 Å². The first-order chi connectivity index (χ1) is 13.5. The molecule has 4 aromatic rings. The van der Waals surface area contributed by atoms with E-state index in [-0.39, 0.29) is 10.6 Å². The van der Waals surface area contributed by atoms with E-state index in [2.05, 4.69) is 5.32 Å². The third-order valence-corrected chi connectivity index (χ3v) is 4.56. The number of amides is 1. The summed E-state index contributed by atoms with van der Waals surface area (Å²) in [6, 6.07) is 19.0. The van der Waals surface area contributed by atoms with Gasteiger partial charge in [0.1, 0.15) is 11.4 Å². The van der Waals surface area contributed by atoms with Crippen molar-refractivity contribution in [3.63, 3.8) is 0 Å². The summed E-state index contributed by atoms with van der Waals surface area (Å²) in [7, 11) is 0. The number of carbonyl (C=O) groups excluding carboxylic acids is 1. The predicted molar refractivity (Wildman–Crippen MR) is 107 cm³/mol. The van der Waals surface area contributed by atoms with Crippen molar-refractivity contribution in [1.82, 2.24) is 0 Å². The highest BCUT2D eigenvalue weighted by Gasteiger charge is 2.13. The number of nitrogens with one attached hydrogen (secondary N) is 1. The minimum atomic E-state index is -0.503. The molecule has 0 aliphatic carbocycles. The molecule has 0 saturated heterocycles. The molecule has 1 aromatic heterocycles. The Hall–Kier alpha value is -3.44.